The molecule has 0 aromatic carbocycles. The van der Waals surface area contributed by atoms with Crippen LogP contribution < -0.4 is 10.6 Å². The van der Waals surface area contributed by atoms with Crippen LogP contribution in [-0.4, -0.2) is 25.0 Å². The van der Waals surface area contributed by atoms with Crippen LogP contribution in [0.5, 0.6) is 0 Å². The van der Waals surface area contributed by atoms with Crippen molar-refractivity contribution in [3.8, 4) is 24.7 Å². The lowest BCUT2D eigenvalue weighted by Gasteiger charge is -2.65. The number of rotatable bonds is 4. The van der Waals surface area contributed by atoms with Crippen LogP contribution in [-0.2, 0) is 4.79 Å². The van der Waals surface area contributed by atoms with Crippen molar-refractivity contribution in [2.75, 3.05) is 13.1 Å². The van der Waals surface area contributed by atoms with E-state index in [0.717, 1.165) is 12.5 Å². The Morgan fingerprint density at radius 2 is 1.83 bits per heavy atom. The van der Waals surface area contributed by atoms with Crippen LogP contribution in [0.1, 0.15) is 78.6 Å². The first-order valence-corrected chi connectivity index (χ1v) is 11.6. The summed E-state index contributed by atoms with van der Waals surface area (Å²) < 4.78 is 0. The summed E-state index contributed by atoms with van der Waals surface area (Å²) in [7, 11) is 0. The second kappa shape index (κ2) is 7.06. The first-order chi connectivity index (χ1) is 13.7. The van der Waals surface area contributed by atoms with E-state index in [4.69, 9.17) is 12.8 Å². The Balaban J connectivity index is 1.59. The Morgan fingerprint density at radius 3 is 2.55 bits per heavy atom. The van der Waals surface area contributed by atoms with Gasteiger partial charge in [0, 0.05) is 12.6 Å². The molecule has 29 heavy (non-hydrogen) atoms. The molecule has 2 N–H and O–H groups in total. The third-order valence-electron chi connectivity index (χ3n) is 10.0. The molecule has 0 heterocycles. The predicted octanol–water partition coefficient (Wildman–Crippen LogP) is 4.13. The van der Waals surface area contributed by atoms with Crippen molar-refractivity contribution in [3.63, 3.8) is 0 Å². The molecule has 4 fully saturated rings. The van der Waals surface area contributed by atoms with Crippen LogP contribution in [0.15, 0.2) is 0 Å². The topological polar surface area (TPSA) is 41.1 Å². The number of terminal acetylenes is 2. The summed E-state index contributed by atoms with van der Waals surface area (Å²) in [5.41, 5.74) is 1.40. The van der Waals surface area contributed by atoms with Crippen LogP contribution in [0, 0.1) is 58.2 Å². The molecular weight excluding hydrogens is 356 g/mol. The molecule has 0 saturated heterocycles. The van der Waals surface area contributed by atoms with Gasteiger partial charge in [0.15, 0.2) is 0 Å². The largest absolute Gasteiger partial charge is 0.345 e. The van der Waals surface area contributed by atoms with Crippen LogP contribution in [0.2, 0.25) is 0 Å². The molecule has 7 atom stereocenters. The zero-order valence-corrected chi connectivity index (χ0v) is 18.6. The lowest BCUT2D eigenvalue weighted by atomic mass is 9.40. The summed E-state index contributed by atoms with van der Waals surface area (Å²) in [6.07, 6.45) is 22.6. The molecule has 3 nitrogen and oxygen atoms in total. The van der Waals surface area contributed by atoms with Crippen molar-refractivity contribution in [2.45, 2.75) is 84.6 Å². The molecule has 0 radical (unpaired) electrons. The zero-order chi connectivity index (χ0) is 20.9. The fourth-order valence-corrected chi connectivity index (χ4v) is 8.95. The molecular formula is C26H38N2O. The highest BCUT2D eigenvalue weighted by molar-refractivity contribution is 5.92. The van der Waals surface area contributed by atoms with Crippen LogP contribution >= 0.6 is 0 Å². The number of amides is 1. The minimum Gasteiger partial charge on any atom is -0.345 e. The van der Waals surface area contributed by atoms with E-state index in [1.807, 2.05) is 0 Å². The monoisotopic (exact) mass is 394 g/mol. The van der Waals surface area contributed by atoms with E-state index >= 15 is 0 Å². The van der Waals surface area contributed by atoms with Crippen LogP contribution in [0.4, 0.5) is 0 Å². The summed E-state index contributed by atoms with van der Waals surface area (Å²) in [6.45, 7) is 8.91. The Labute approximate surface area is 177 Å². The average Bonchev–Trinajstić information content (AvgIpc) is 2.89. The fourth-order valence-electron chi connectivity index (χ4n) is 8.95. The van der Waals surface area contributed by atoms with Crippen molar-refractivity contribution in [1.82, 2.24) is 10.6 Å². The predicted molar refractivity (Wildman–Crippen MR) is 118 cm³/mol. The highest BCUT2D eigenvalue weighted by atomic mass is 16.1. The minimum absolute atomic E-state index is 0.154. The van der Waals surface area contributed by atoms with Gasteiger partial charge < -0.3 is 10.6 Å². The molecule has 4 saturated carbocycles. The first kappa shape index (κ1) is 20.8. The number of hydrogen-bond donors (Lipinski definition) is 2. The average molecular weight is 395 g/mol. The van der Waals surface area contributed by atoms with E-state index in [1.165, 1.54) is 57.8 Å². The van der Waals surface area contributed by atoms with Crippen LogP contribution in [0.3, 0.4) is 0 Å². The van der Waals surface area contributed by atoms with Gasteiger partial charge >= 0.3 is 0 Å². The summed E-state index contributed by atoms with van der Waals surface area (Å²) in [5.74, 6) is 6.21. The highest BCUT2D eigenvalue weighted by Gasteiger charge is 2.66. The molecule has 0 aromatic heterocycles. The number of carbonyl (C=O) groups is 1. The van der Waals surface area contributed by atoms with Gasteiger partial charge in [0.2, 0.25) is 0 Å². The lowest BCUT2D eigenvalue weighted by Crippen LogP contribution is -2.58. The summed E-state index contributed by atoms with van der Waals surface area (Å²) in [5, 5.41) is 6.74. The summed E-state index contributed by atoms with van der Waals surface area (Å²) in [4.78, 5) is 11.8. The molecule has 1 spiro atoms. The Morgan fingerprint density at radius 1 is 1.07 bits per heavy atom. The maximum atomic E-state index is 11.8. The standard InChI is InChI=1S/C26H38N2O/c1-6-15-27-21-16-26-14-10-19-24(4,18-28-22(29)7-2)11-8-12-25(19,5)20(26)9-13-23(21,3)17-26/h1-2,19-21,27H,8-18H2,3-5H3,(H,28,29)/t19?,20?,21-,23?,24+,25-,26?/m1/s1. The number of fused-ring (bicyclic) bond motifs is 3. The molecule has 4 rings (SSSR count). The molecule has 4 aliphatic carbocycles. The molecule has 0 aromatic rings. The Kier molecular flexibility index (Phi) is 5.07. The molecule has 1 amide bonds. The van der Waals surface area contributed by atoms with Crippen LogP contribution in [0.25, 0.3) is 0 Å². The molecule has 2 bridgehead atoms. The molecule has 158 valence electrons. The number of nitrogens with one attached hydrogen (secondary N) is 2. The number of carbonyl (C=O) groups excluding carboxylic acids is 1. The third kappa shape index (κ3) is 3.13. The second-order valence-electron chi connectivity index (χ2n) is 11.6. The number of hydrogen-bond acceptors (Lipinski definition) is 2. The van der Waals surface area contributed by atoms with Gasteiger partial charge in [0.1, 0.15) is 0 Å². The van der Waals surface area contributed by atoms with Gasteiger partial charge in [-0.1, -0.05) is 33.1 Å². The van der Waals surface area contributed by atoms with Crippen molar-refractivity contribution in [2.24, 2.45) is 33.5 Å². The molecule has 0 aliphatic heterocycles. The van der Waals surface area contributed by atoms with E-state index in [9.17, 15) is 4.79 Å². The molecule has 3 heteroatoms. The zero-order valence-electron chi connectivity index (χ0n) is 18.6. The maximum Gasteiger partial charge on any atom is 0.295 e. The normalized spacial score (nSPS) is 48.0. The van der Waals surface area contributed by atoms with Crippen molar-refractivity contribution < 1.29 is 4.79 Å². The van der Waals surface area contributed by atoms with Gasteiger partial charge in [-0.05, 0) is 90.8 Å². The van der Waals surface area contributed by atoms with Crippen molar-refractivity contribution in [3.05, 3.63) is 0 Å². The Hall–Kier alpha value is -1.45. The van der Waals surface area contributed by atoms with Crippen molar-refractivity contribution >= 4 is 5.91 Å². The maximum absolute atomic E-state index is 11.8. The van der Waals surface area contributed by atoms with E-state index < -0.39 is 0 Å². The smallest absolute Gasteiger partial charge is 0.295 e. The van der Waals surface area contributed by atoms with E-state index in [-0.39, 0.29) is 11.3 Å². The quantitative estimate of drug-likeness (QED) is 0.704. The summed E-state index contributed by atoms with van der Waals surface area (Å²) in [6, 6.07) is 0.564. The first-order valence-electron chi connectivity index (χ1n) is 11.6. The summed E-state index contributed by atoms with van der Waals surface area (Å²) >= 11 is 0. The molecule has 4 aliphatic rings. The lowest BCUT2D eigenvalue weighted by molar-refractivity contribution is -0.154. The fraction of sp³-hybridized carbons (Fsp3) is 0.808. The highest BCUT2D eigenvalue weighted by Crippen LogP contribution is 2.73. The van der Waals surface area contributed by atoms with Gasteiger partial charge in [0.25, 0.3) is 5.91 Å². The molecule has 4 unspecified atom stereocenters. The van der Waals surface area contributed by atoms with Gasteiger partial charge in [0.05, 0.1) is 6.54 Å². The Bertz CT molecular complexity index is 762. The van der Waals surface area contributed by atoms with Crippen molar-refractivity contribution in [1.29, 1.82) is 0 Å². The van der Waals surface area contributed by atoms with Gasteiger partial charge in [-0.3, -0.25) is 4.79 Å². The SMILES string of the molecule is C#CCN[C@@H]1CC23CCC4[C@](C)(CNC(=O)C#C)CCC[C@@]4(C)C2CCC1(C)C3. The van der Waals surface area contributed by atoms with E-state index in [1.54, 1.807) is 0 Å². The van der Waals surface area contributed by atoms with E-state index in [2.05, 4.69) is 43.2 Å². The van der Waals surface area contributed by atoms with E-state index in [0.29, 0.717) is 34.7 Å². The van der Waals surface area contributed by atoms with Gasteiger partial charge in [-0.2, -0.15) is 0 Å². The van der Waals surface area contributed by atoms with Gasteiger partial charge in [-0.15, -0.1) is 12.8 Å². The second-order valence-corrected chi connectivity index (χ2v) is 11.6. The minimum atomic E-state index is -0.266. The van der Waals surface area contributed by atoms with Gasteiger partial charge in [-0.25, -0.2) is 0 Å². The third-order valence-corrected chi connectivity index (χ3v) is 10.0.